The van der Waals surface area contributed by atoms with Gasteiger partial charge in [0.15, 0.2) is 0 Å². The Hall–Kier alpha value is -1.86. The highest BCUT2D eigenvalue weighted by Crippen LogP contribution is 2.29. The number of benzene rings is 1. The summed E-state index contributed by atoms with van der Waals surface area (Å²) in [5.41, 5.74) is 1.29. The molecule has 0 bridgehead atoms. The Balaban J connectivity index is 2.36. The van der Waals surface area contributed by atoms with Gasteiger partial charge in [-0.3, -0.25) is 4.79 Å². The fourth-order valence-electron chi connectivity index (χ4n) is 2.49. The van der Waals surface area contributed by atoms with Gasteiger partial charge in [-0.15, -0.1) is 0 Å². The molecule has 136 valence electrons. The largest absolute Gasteiger partial charge is 0.394 e. The van der Waals surface area contributed by atoms with Crippen LogP contribution in [0.3, 0.4) is 0 Å². The second-order valence-electron chi connectivity index (χ2n) is 5.41. The van der Waals surface area contributed by atoms with Crippen LogP contribution in [-0.4, -0.2) is 71.0 Å². The number of halogens is 1. The maximum absolute atomic E-state index is 10.8. The summed E-state index contributed by atoms with van der Waals surface area (Å²) in [6.07, 6.45) is -6.12. The number of carbonyl (C=O) groups is 1. The monoisotopic (exact) mass is 370 g/mol. The third-order valence-electron chi connectivity index (χ3n) is 3.82. The van der Waals surface area contributed by atoms with E-state index in [1.807, 2.05) is 0 Å². The summed E-state index contributed by atoms with van der Waals surface area (Å²) >= 11 is 6.03. The Morgan fingerprint density at radius 3 is 2.60 bits per heavy atom. The Labute approximate surface area is 149 Å². The first-order valence-electron chi connectivity index (χ1n) is 7.46. The molecule has 6 N–H and O–H groups in total. The quantitative estimate of drug-likeness (QED) is 0.300. The van der Waals surface area contributed by atoms with Crippen LogP contribution in [0.4, 0.5) is 11.4 Å². The van der Waals surface area contributed by atoms with E-state index in [-0.39, 0.29) is 0 Å². The van der Waals surface area contributed by atoms with Crippen LogP contribution in [0.2, 0.25) is 5.02 Å². The molecule has 0 spiro atoms. The first kappa shape index (κ1) is 19.5. The number of rotatable bonds is 4. The lowest BCUT2D eigenvalue weighted by Crippen LogP contribution is -2.58. The molecule has 0 aliphatic carbocycles. The molecule has 5 atom stereocenters. The molecule has 9 heteroatoms. The molecule has 1 aliphatic heterocycles. The zero-order chi connectivity index (χ0) is 18.6. The lowest BCUT2D eigenvalue weighted by atomic mass is 9.95. The van der Waals surface area contributed by atoms with Crippen LogP contribution < -0.4 is 10.6 Å². The van der Waals surface area contributed by atoms with Gasteiger partial charge in [0, 0.05) is 12.1 Å². The molecule has 1 saturated heterocycles. The van der Waals surface area contributed by atoms with E-state index in [9.17, 15) is 25.2 Å². The molecule has 1 heterocycles. The molecule has 0 saturated carbocycles. The summed E-state index contributed by atoms with van der Waals surface area (Å²) in [6, 6.07) is 3.12. The summed E-state index contributed by atoms with van der Waals surface area (Å²) in [4.78, 5) is 10.8. The summed E-state index contributed by atoms with van der Waals surface area (Å²) in [5, 5.41) is 44.5. The molecule has 8 nitrogen and oxygen atoms in total. The highest BCUT2D eigenvalue weighted by molar-refractivity contribution is 6.31. The van der Waals surface area contributed by atoms with Gasteiger partial charge in [-0.1, -0.05) is 23.4 Å². The van der Waals surface area contributed by atoms with E-state index in [4.69, 9.17) is 16.3 Å². The van der Waals surface area contributed by atoms with E-state index in [0.717, 1.165) is 0 Å². The van der Waals surface area contributed by atoms with Crippen LogP contribution in [0.1, 0.15) is 5.56 Å². The Morgan fingerprint density at radius 1 is 1.28 bits per heavy atom. The number of anilines is 2. The molecule has 25 heavy (non-hydrogen) atoms. The van der Waals surface area contributed by atoms with Crippen molar-refractivity contribution in [2.45, 2.75) is 30.5 Å². The number of hydrogen-bond donors (Lipinski definition) is 6. The van der Waals surface area contributed by atoms with Gasteiger partial charge in [0.2, 0.25) is 6.41 Å². The van der Waals surface area contributed by atoms with Gasteiger partial charge >= 0.3 is 0 Å². The molecule has 1 aromatic rings. The van der Waals surface area contributed by atoms with Gasteiger partial charge in [-0.2, -0.15) is 0 Å². The molecule has 0 aromatic heterocycles. The van der Waals surface area contributed by atoms with Crippen molar-refractivity contribution in [3.05, 3.63) is 22.7 Å². The molecule has 1 aliphatic rings. The van der Waals surface area contributed by atoms with Crippen molar-refractivity contribution >= 4 is 29.4 Å². The minimum Gasteiger partial charge on any atom is -0.394 e. The Morgan fingerprint density at radius 2 is 2.00 bits per heavy atom. The van der Waals surface area contributed by atoms with Crippen LogP contribution in [0, 0.1) is 11.8 Å². The SMILES string of the molecule is CNc1cc(Cl)cc(C#CC2OC(CO)[C@@H](O)C(O)C2O)c1NC=O. The van der Waals surface area contributed by atoms with E-state index in [1.54, 1.807) is 13.1 Å². The lowest BCUT2D eigenvalue weighted by molar-refractivity contribution is -0.214. The Bertz CT molecular complexity index is 687. The normalized spacial score (nSPS) is 28.6. The highest BCUT2D eigenvalue weighted by atomic mass is 35.5. The number of aliphatic hydroxyl groups is 4. The average molecular weight is 371 g/mol. The number of aliphatic hydroxyl groups excluding tert-OH is 4. The van der Waals surface area contributed by atoms with Crippen molar-refractivity contribution < 1.29 is 30.0 Å². The summed E-state index contributed by atoms with van der Waals surface area (Å²) < 4.78 is 5.32. The van der Waals surface area contributed by atoms with Crippen LogP contribution in [0.15, 0.2) is 12.1 Å². The minimum atomic E-state index is -1.51. The van der Waals surface area contributed by atoms with Gasteiger partial charge in [0.05, 0.1) is 23.5 Å². The average Bonchev–Trinajstić information content (AvgIpc) is 2.60. The number of nitrogens with one attached hydrogen (secondary N) is 2. The topological polar surface area (TPSA) is 131 Å². The molecule has 1 fully saturated rings. The predicted molar refractivity (Wildman–Crippen MR) is 91.3 cm³/mol. The van der Waals surface area contributed by atoms with E-state index in [2.05, 4.69) is 22.5 Å². The highest BCUT2D eigenvalue weighted by Gasteiger charge is 2.42. The summed E-state index contributed by atoms with van der Waals surface area (Å²) in [6.45, 7) is -0.540. The van der Waals surface area contributed by atoms with Crippen molar-refractivity contribution in [2.75, 3.05) is 24.3 Å². The molecule has 0 radical (unpaired) electrons. The standard InChI is InChI=1S/C16H19ClN2O6/c1-18-10-5-9(17)4-8(13(10)19-7-21)2-3-11-14(22)16(24)15(23)12(6-20)25-11/h4-5,7,11-12,14-16,18,20,22-24H,6H2,1H3,(H,19,21)/t11?,12?,14?,15-,16?/m1/s1. The first-order valence-corrected chi connectivity index (χ1v) is 7.84. The van der Waals surface area contributed by atoms with E-state index in [1.165, 1.54) is 6.07 Å². The van der Waals surface area contributed by atoms with Gasteiger partial charge in [0.25, 0.3) is 0 Å². The van der Waals surface area contributed by atoms with Gasteiger partial charge < -0.3 is 35.8 Å². The number of amides is 1. The molecule has 1 amide bonds. The second-order valence-corrected chi connectivity index (χ2v) is 5.84. The third kappa shape index (κ3) is 4.22. The fourth-order valence-corrected chi connectivity index (χ4v) is 2.70. The van der Waals surface area contributed by atoms with Gasteiger partial charge in [-0.05, 0) is 12.1 Å². The zero-order valence-corrected chi connectivity index (χ0v) is 14.1. The zero-order valence-electron chi connectivity index (χ0n) is 13.3. The van der Waals surface area contributed by atoms with Crippen molar-refractivity contribution in [2.24, 2.45) is 0 Å². The maximum atomic E-state index is 10.8. The van der Waals surface area contributed by atoms with E-state index in [0.29, 0.717) is 28.4 Å². The van der Waals surface area contributed by atoms with E-state index < -0.39 is 37.1 Å². The fraction of sp³-hybridized carbons (Fsp3) is 0.438. The third-order valence-corrected chi connectivity index (χ3v) is 4.04. The number of carbonyl (C=O) groups excluding carboxylic acids is 1. The summed E-state index contributed by atoms with van der Waals surface area (Å²) in [5.74, 6) is 5.37. The van der Waals surface area contributed by atoms with Gasteiger partial charge in [0.1, 0.15) is 30.5 Å². The maximum Gasteiger partial charge on any atom is 0.211 e. The molecular formula is C16H19ClN2O6. The lowest BCUT2D eigenvalue weighted by Gasteiger charge is -2.37. The van der Waals surface area contributed by atoms with E-state index >= 15 is 0 Å². The van der Waals surface area contributed by atoms with Crippen LogP contribution in [0.25, 0.3) is 0 Å². The second kappa shape index (κ2) is 8.49. The van der Waals surface area contributed by atoms with Gasteiger partial charge in [-0.25, -0.2) is 0 Å². The number of ether oxygens (including phenoxy) is 1. The van der Waals surface area contributed by atoms with Crippen molar-refractivity contribution in [1.82, 2.24) is 0 Å². The molecule has 2 rings (SSSR count). The van der Waals surface area contributed by atoms with Crippen molar-refractivity contribution in [1.29, 1.82) is 0 Å². The van der Waals surface area contributed by atoms with Crippen molar-refractivity contribution in [3.8, 4) is 11.8 Å². The smallest absolute Gasteiger partial charge is 0.211 e. The molecule has 4 unspecified atom stereocenters. The van der Waals surface area contributed by atoms with Crippen LogP contribution in [0.5, 0.6) is 0 Å². The molecular weight excluding hydrogens is 352 g/mol. The summed E-state index contributed by atoms with van der Waals surface area (Å²) in [7, 11) is 1.65. The predicted octanol–water partition coefficient (Wildman–Crippen LogP) is -0.856. The minimum absolute atomic E-state index is 0.362. The van der Waals surface area contributed by atoms with Crippen LogP contribution in [-0.2, 0) is 9.53 Å². The van der Waals surface area contributed by atoms with Crippen LogP contribution >= 0.6 is 11.6 Å². The number of hydrogen-bond acceptors (Lipinski definition) is 7. The molecule has 1 aromatic carbocycles. The first-order chi connectivity index (χ1) is 11.9. The van der Waals surface area contributed by atoms with Crippen molar-refractivity contribution in [3.63, 3.8) is 0 Å². The Kier molecular flexibility index (Phi) is 6.61.